The fourth-order valence-corrected chi connectivity index (χ4v) is 1.22. The molecule has 2 amide bonds. The molecule has 0 aliphatic heterocycles. The van der Waals surface area contributed by atoms with Crippen molar-refractivity contribution >= 4 is 18.0 Å². The number of amides is 2. The van der Waals surface area contributed by atoms with E-state index in [9.17, 15) is 19.5 Å². The number of alkyl carbamates (subject to hydrolysis) is 1. The van der Waals surface area contributed by atoms with Gasteiger partial charge in [0.05, 0.1) is 6.61 Å². The van der Waals surface area contributed by atoms with Gasteiger partial charge in [0, 0.05) is 6.07 Å². The lowest BCUT2D eigenvalue weighted by atomic mass is 10.2. The number of esters is 1. The number of imide groups is 1. The summed E-state index contributed by atoms with van der Waals surface area (Å²) in [4.78, 5) is 33.6. The number of phenolic OH excluding ortho intramolecular Hbond substituents is 2. The Bertz CT molecular complexity index is 527. The molecule has 0 fully saturated rings. The molecule has 20 heavy (non-hydrogen) atoms. The molecule has 8 nitrogen and oxygen atoms in total. The summed E-state index contributed by atoms with van der Waals surface area (Å²) < 4.78 is 9.05. The molecule has 0 saturated carbocycles. The van der Waals surface area contributed by atoms with Crippen molar-refractivity contribution in [2.75, 3.05) is 13.2 Å². The van der Waals surface area contributed by atoms with Crippen LogP contribution in [0.5, 0.6) is 11.5 Å². The Balaban J connectivity index is 2.51. The van der Waals surface area contributed by atoms with Crippen LogP contribution in [-0.4, -0.2) is 41.4 Å². The van der Waals surface area contributed by atoms with Crippen molar-refractivity contribution < 1.29 is 34.1 Å². The summed E-state index contributed by atoms with van der Waals surface area (Å²) in [7, 11) is 0. The van der Waals surface area contributed by atoms with E-state index in [-0.39, 0.29) is 17.9 Å². The molecular weight excluding hydrogens is 270 g/mol. The number of hydrogen-bond donors (Lipinski definition) is 3. The third-order valence-corrected chi connectivity index (χ3v) is 2.05. The zero-order valence-electron chi connectivity index (χ0n) is 10.6. The molecule has 0 atom stereocenters. The van der Waals surface area contributed by atoms with Crippen LogP contribution in [0.3, 0.4) is 0 Å². The maximum absolute atomic E-state index is 11.5. The average molecular weight is 283 g/mol. The van der Waals surface area contributed by atoms with Gasteiger partial charge >= 0.3 is 12.1 Å². The average Bonchev–Trinajstić information content (AvgIpc) is 2.36. The SMILES string of the molecule is CCOC(=O)NC(=O)COC(=O)c1ccc(O)cc1O. The fraction of sp³-hybridized carbons (Fsp3) is 0.250. The number of hydrogen-bond acceptors (Lipinski definition) is 7. The number of carbonyl (C=O) groups excluding carboxylic acids is 3. The van der Waals surface area contributed by atoms with Gasteiger partial charge in [-0.2, -0.15) is 0 Å². The maximum atomic E-state index is 11.5. The van der Waals surface area contributed by atoms with Gasteiger partial charge in [0.15, 0.2) is 6.61 Å². The van der Waals surface area contributed by atoms with Gasteiger partial charge in [-0.1, -0.05) is 0 Å². The minimum Gasteiger partial charge on any atom is -0.508 e. The van der Waals surface area contributed by atoms with Gasteiger partial charge in [-0.25, -0.2) is 9.59 Å². The van der Waals surface area contributed by atoms with Crippen LogP contribution in [0, 0.1) is 0 Å². The Morgan fingerprint density at radius 3 is 2.50 bits per heavy atom. The van der Waals surface area contributed by atoms with E-state index in [0.29, 0.717) is 0 Å². The molecular formula is C12H13NO7. The van der Waals surface area contributed by atoms with E-state index >= 15 is 0 Å². The quantitative estimate of drug-likeness (QED) is 0.689. The van der Waals surface area contributed by atoms with Crippen LogP contribution in [0.1, 0.15) is 17.3 Å². The highest BCUT2D eigenvalue weighted by Gasteiger charge is 2.16. The van der Waals surface area contributed by atoms with E-state index in [1.165, 1.54) is 6.07 Å². The minimum atomic E-state index is -0.971. The van der Waals surface area contributed by atoms with Gasteiger partial charge in [0.25, 0.3) is 5.91 Å². The monoisotopic (exact) mass is 283 g/mol. The summed E-state index contributed by atoms with van der Waals surface area (Å²) in [5.74, 6) is -2.54. The van der Waals surface area contributed by atoms with Gasteiger partial charge in [0.2, 0.25) is 0 Å². The number of phenols is 2. The third-order valence-electron chi connectivity index (χ3n) is 2.05. The Morgan fingerprint density at radius 2 is 1.90 bits per heavy atom. The van der Waals surface area contributed by atoms with Crippen LogP contribution in [-0.2, 0) is 14.3 Å². The Labute approximate surface area is 113 Å². The van der Waals surface area contributed by atoms with Gasteiger partial charge < -0.3 is 19.7 Å². The number of ether oxygens (including phenoxy) is 2. The fourth-order valence-electron chi connectivity index (χ4n) is 1.22. The van der Waals surface area contributed by atoms with Crippen LogP contribution in [0.4, 0.5) is 4.79 Å². The van der Waals surface area contributed by atoms with E-state index in [1.54, 1.807) is 6.92 Å². The first-order chi connectivity index (χ1) is 9.43. The Morgan fingerprint density at radius 1 is 1.20 bits per heavy atom. The molecule has 0 bridgehead atoms. The zero-order chi connectivity index (χ0) is 15.1. The molecule has 0 aromatic heterocycles. The molecule has 0 aliphatic carbocycles. The summed E-state index contributed by atoms with van der Waals surface area (Å²) in [5.41, 5.74) is -0.216. The van der Waals surface area contributed by atoms with Gasteiger partial charge in [-0.15, -0.1) is 0 Å². The summed E-state index contributed by atoms with van der Waals surface area (Å²) in [6.45, 7) is 0.954. The van der Waals surface area contributed by atoms with Crippen LogP contribution in [0.15, 0.2) is 18.2 Å². The molecule has 0 spiro atoms. The van der Waals surface area contributed by atoms with Gasteiger partial charge in [-0.3, -0.25) is 10.1 Å². The zero-order valence-corrected chi connectivity index (χ0v) is 10.6. The molecule has 8 heteroatoms. The second kappa shape index (κ2) is 6.98. The van der Waals surface area contributed by atoms with E-state index in [1.807, 2.05) is 5.32 Å². The molecule has 1 aromatic rings. The maximum Gasteiger partial charge on any atom is 0.413 e. The summed E-state index contributed by atoms with van der Waals surface area (Å²) in [5, 5.41) is 20.3. The number of carbonyl (C=O) groups is 3. The van der Waals surface area contributed by atoms with Crippen LogP contribution in [0.2, 0.25) is 0 Å². The molecule has 108 valence electrons. The van der Waals surface area contributed by atoms with Gasteiger partial charge in [0.1, 0.15) is 17.1 Å². The Kier molecular flexibility index (Phi) is 5.33. The lowest BCUT2D eigenvalue weighted by Gasteiger charge is -2.07. The van der Waals surface area contributed by atoms with E-state index < -0.39 is 30.3 Å². The predicted molar refractivity (Wildman–Crippen MR) is 65.2 cm³/mol. The van der Waals surface area contributed by atoms with Crippen molar-refractivity contribution in [1.29, 1.82) is 0 Å². The second-order valence-corrected chi connectivity index (χ2v) is 3.55. The predicted octanol–water partition coefficient (Wildman–Crippen LogP) is 0.527. The molecule has 0 saturated heterocycles. The smallest absolute Gasteiger partial charge is 0.413 e. The molecule has 0 aliphatic rings. The summed E-state index contributed by atoms with van der Waals surface area (Å²) in [6, 6.07) is 3.26. The van der Waals surface area contributed by atoms with E-state index in [4.69, 9.17) is 5.11 Å². The highest BCUT2D eigenvalue weighted by Crippen LogP contribution is 2.22. The molecule has 1 aromatic carbocycles. The van der Waals surface area contributed by atoms with E-state index in [0.717, 1.165) is 12.1 Å². The van der Waals surface area contributed by atoms with Crippen LogP contribution in [0.25, 0.3) is 0 Å². The van der Waals surface area contributed by atoms with Gasteiger partial charge in [-0.05, 0) is 19.1 Å². The molecule has 0 radical (unpaired) electrons. The number of rotatable bonds is 4. The van der Waals surface area contributed by atoms with Crippen molar-refractivity contribution in [3.05, 3.63) is 23.8 Å². The van der Waals surface area contributed by atoms with Crippen molar-refractivity contribution in [3.8, 4) is 11.5 Å². The third kappa shape index (κ3) is 4.48. The standard InChI is InChI=1S/C12H13NO7/c1-2-19-12(18)13-10(16)6-20-11(17)8-4-3-7(14)5-9(8)15/h3-5,14-15H,2,6H2,1H3,(H,13,16,18). The topological polar surface area (TPSA) is 122 Å². The van der Waals surface area contributed by atoms with Crippen LogP contribution < -0.4 is 5.32 Å². The molecule has 0 heterocycles. The van der Waals surface area contributed by atoms with Crippen LogP contribution >= 0.6 is 0 Å². The molecule has 0 unspecified atom stereocenters. The normalized spacial score (nSPS) is 9.65. The highest BCUT2D eigenvalue weighted by molar-refractivity contribution is 5.96. The number of benzene rings is 1. The molecule has 3 N–H and O–H groups in total. The lowest BCUT2D eigenvalue weighted by Crippen LogP contribution is -2.34. The minimum absolute atomic E-state index is 0.0975. The second-order valence-electron chi connectivity index (χ2n) is 3.55. The van der Waals surface area contributed by atoms with Crippen molar-refractivity contribution in [2.45, 2.75) is 6.92 Å². The number of nitrogens with one attached hydrogen (secondary N) is 1. The summed E-state index contributed by atoms with van der Waals surface area (Å²) >= 11 is 0. The van der Waals surface area contributed by atoms with E-state index in [2.05, 4.69) is 9.47 Å². The lowest BCUT2D eigenvalue weighted by molar-refractivity contribution is -0.123. The van der Waals surface area contributed by atoms with Crippen molar-refractivity contribution in [2.24, 2.45) is 0 Å². The largest absolute Gasteiger partial charge is 0.508 e. The summed E-state index contributed by atoms with van der Waals surface area (Å²) in [6.07, 6.45) is -0.943. The Hall–Kier alpha value is -2.77. The number of aromatic hydroxyl groups is 2. The first kappa shape index (κ1) is 15.3. The highest BCUT2D eigenvalue weighted by atomic mass is 16.6. The molecule has 1 rings (SSSR count). The van der Waals surface area contributed by atoms with Crippen molar-refractivity contribution in [1.82, 2.24) is 5.32 Å². The first-order valence-electron chi connectivity index (χ1n) is 5.59. The first-order valence-corrected chi connectivity index (χ1v) is 5.59. The van der Waals surface area contributed by atoms with Crippen molar-refractivity contribution in [3.63, 3.8) is 0 Å².